The third-order valence-corrected chi connectivity index (χ3v) is 3.46. The van der Waals surface area contributed by atoms with Gasteiger partial charge in [0.15, 0.2) is 6.61 Å². The molecule has 1 atom stereocenters. The van der Waals surface area contributed by atoms with Gasteiger partial charge in [0.25, 0.3) is 5.91 Å². The van der Waals surface area contributed by atoms with Gasteiger partial charge in [0.05, 0.1) is 5.69 Å². The summed E-state index contributed by atoms with van der Waals surface area (Å²) in [5, 5.41) is 8.85. The highest BCUT2D eigenvalue weighted by Crippen LogP contribution is 2.37. The molecule has 20 heavy (non-hydrogen) atoms. The number of benzene rings is 1. The van der Waals surface area contributed by atoms with Crippen molar-refractivity contribution in [3.8, 4) is 5.75 Å². The minimum Gasteiger partial charge on any atom is -0.481 e. The SMILES string of the molecule is Cc1cc(CC(C)CC(=O)O)c2c(c1)N(C)C(=O)CO2. The Hall–Kier alpha value is -2.04. The summed E-state index contributed by atoms with van der Waals surface area (Å²) in [6.45, 7) is 3.89. The Balaban J connectivity index is 2.32. The van der Waals surface area contributed by atoms with Crippen LogP contribution in [0, 0.1) is 12.8 Å². The number of hydrogen-bond donors (Lipinski definition) is 1. The maximum Gasteiger partial charge on any atom is 0.303 e. The van der Waals surface area contributed by atoms with E-state index in [1.165, 1.54) is 0 Å². The van der Waals surface area contributed by atoms with Gasteiger partial charge in [-0.25, -0.2) is 0 Å². The van der Waals surface area contributed by atoms with E-state index in [0.29, 0.717) is 12.2 Å². The molecule has 1 aromatic carbocycles. The van der Waals surface area contributed by atoms with E-state index in [4.69, 9.17) is 9.84 Å². The van der Waals surface area contributed by atoms with Gasteiger partial charge in [-0.3, -0.25) is 9.59 Å². The predicted molar refractivity (Wildman–Crippen MR) is 75.2 cm³/mol. The Morgan fingerprint density at radius 1 is 1.50 bits per heavy atom. The molecule has 0 aliphatic carbocycles. The van der Waals surface area contributed by atoms with Crippen LogP contribution in [0.1, 0.15) is 24.5 Å². The van der Waals surface area contributed by atoms with Crippen molar-refractivity contribution >= 4 is 17.6 Å². The number of ether oxygens (including phenoxy) is 1. The number of nitrogens with zero attached hydrogens (tertiary/aromatic N) is 1. The van der Waals surface area contributed by atoms with Crippen LogP contribution >= 0.6 is 0 Å². The highest BCUT2D eigenvalue weighted by Gasteiger charge is 2.25. The molecule has 1 aliphatic rings. The van der Waals surface area contributed by atoms with E-state index in [9.17, 15) is 9.59 Å². The molecule has 2 rings (SSSR count). The Bertz CT molecular complexity index is 553. The van der Waals surface area contributed by atoms with Crippen LogP contribution in [0.25, 0.3) is 0 Å². The molecule has 0 saturated heterocycles. The summed E-state index contributed by atoms with van der Waals surface area (Å²) in [7, 11) is 1.73. The van der Waals surface area contributed by atoms with E-state index in [-0.39, 0.29) is 24.9 Å². The number of carboxylic acids is 1. The number of aryl methyl sites for hydroxylation is 1. The summed E-state index contributed by atoms with van der Waals surface area (Å²) >= 11 is 0. The van der Waals surface area contributed by atoms with Gasteiger partial charge in [-0.05, 0) is 36.5 Å². The molecule has 5 nitrogen and oxygen atoms in total. The zero-order valence-corrected chi connectivity index (χ0v) is 12.0. The monoisotopic (exact) mass is 277 g/mol. The molecule has 1 N–H and O–H groups in total. The Morgan fingerprint density at radius 2 is 2.20 bits per heavy atom. The van der Waals surface area contributed by atoms with E-state index >= 15 is 0 Å². The lowest BCUT2D eigenvalue weighted by Gasteiger charge is -2.28. The van der Waals surface area contributed by atoms with Crippen LogP contribution in [0.4, 0.5) is 5.69 Å². The van der Waals surface area contributed by atoms with Gasteiger partial charge in [-0.2, -0.15) is 0 Å². The number of aliphatic carboxylic acids is 1. The van der Waals surface area contributed by atoms with Gasteiger partial charge in [-0.1, -0.05) is 13.0 Å². The van der Waals surface area contributed by atoms with Gasteiger partial charge >= 0.3 is 5.97 Å². The molecule has 0 fully saturated rings. The van der Waals surface area contributed by atoms with Crippen molar-refractivity contribution in [2.45, 2.75) is 26.7 Å². The summed E-state index contributed by atoms with van der Waals surface area (Å²) < 4.78 is 5.56. The second kappa shape index (κ2) is 5.53. The highest BCUT2D eigenvalue weighted by molar-refractivity contribution is 5.97. The Morgan fingerprint density at radius 3 is 2.85 bits per heavy atom. The van der Waals surface area contributed by atoms with Crippen LogP contribution in [0.15, 0.2) is 12.1 Å². The molecule has 0 radical (unpaired) electrons. The molecule has 0 aromatic heterocycles. The minimum atomic E-state index is -0.799. The van der Waals surface area contributed by atoms with Crippen molar-refractivity contribution in [2.75, 3.05) is 18.6 Å². The predicted octanol–water partition coefficient (Wildman–Crippen LogP) is 2.00. The summed E-state index contributed by atoms with van der Waals surface area (Å²) in [6.07, 6.45) is 0.746. The van der Waals surface area contributed by atoms with Crippen LogP contribution in [0.2, 0.25) is 0 Å². The molecule has 0 spiro atoms. The van der Waals surface area contributed by atoms with Crippen LogP contribution in [-0.2, 0) is 16.0 Å². The number of hydrogen-bond acceptors (Lipinski definition) is 3. The van der Waals surface area contributed by atoms with Crippen LogP contribution in [0.3, 0.4) is 0 Å². The summed E-state index contributed by atoms with van der Waals surface area (Å²) in [5.41, 5.74) is 2.76. The number of likely N-dealkylation sites (N-methyl/N-ethyl adjacent to an activating group) is 1. The maximum atomic E-state index is 11.7. The fraction of sp³-hybridized carbons (Fsp3) is 0.467. The van der Waals surface area contributed by atoms with Gasteiger partial charge < -0.3 is 14.7 Å². The van der Waals surface area contributed by atoms with Crippen molar-refractivity contribution in [1.29, 1.82) is 0 Å². The number of fused-ring (bicyclic) bond motifs is 1. The molecule has 1 aromatic rings. The number of carbonyl (C=O) groups is 2. The number of amides is 1. The van der Waals surface area contributed by atoms with E-state index in [1.807, 2.05) is 26.0 Å². The standard InChI is InChI=1S/C15H19NO4/c1-9-4-11(5-10(2)7-14(18)19)15-12(6-9)16(3)13(17)8-20-15/h4,6,10H,5,7-8H2,1-3H3,(H,18,19). The molecule has 1 heterocycles. The van der Waals surface area contributed by atoms with Crippen molar-refractivity contribution in [3.05, 3.63) is 23.3 Å². The van der Waals surface area contributed by atoms with E-state index in [0.717, 1.165) is 16.8 Å². The third-order valence-electron chi connectivity index (χ3n) is 3.46. The molecule has 108 valence electrons. The fourth-order valence-corrected chi connectivity index (χ4v) is 2.51. The normalized spacial score (nSPS) is 15.6. The zero-order valence-electron chi connectivity index (χ0n) is 12.0. The van der Waals surface area contributed by atoms with Gasteiger partial charge in [-0.15, -0.1) is 0 Å². The Labute approximate surface area is 118 Å². The smallest absolute Gasteiger partial charge is 0.303 e. The fourth-order valence-electron chi connectivity index (χ4n) is 2.51. The van der Waals surface area contributed by atoms with Crippen molar-refractivity contribution in [2.24, 2.45) is 5.92 Å². The second-order valence-electron chi connectivity index (χ2n) is 5.42. The summed E-state index contributed by atoms with van der Waals surface area (Å²) in [5.74, 6) is -0.153. The lowest BCUT2D eigenvalue weighted by atomic mass is 9.95. The van der Waals surface area contributed by atoms with E-state index in [1.54, 1.807) is 11.9 Å². The van der Waals surface area contributed by atoms with Crippen molar-refractivity contribution < 1.29 is 19.4 Å². The number of carboxylic acid groups (broad SMARTS) is 1. The summed E-state index contributed by atoms with van der Waals surface area (Å²) in [6, 6.07) is 3.92. The molecular formula is C15H19NO4. The lowest BCUT2D eigenvalue weighted by Crippen LogP contribution is -2.36. The first-order valence-electron chi connectivity index (χ1n) is 6.63. The lowest BCUT2D eigenvalue weighted by molar-refractivity contribution is -0.137. The maximum absolute atomic E-state index is 11.7. The van der Waals surface area contributed by atoms with Gasteiger partial charge in [0, 0.05) is 13.5 Å². The molecule has 0 bridgehead atoms. The van der Waals surface area contributed by atoms with Crippen molar-refractivity contribution in [3.63, 3.8) is 0 Å². The van der Waals surface area contributed by atoms with E-state index in [2.05, 4.69) is 0 Å². The molecule has 1 aliphatic heterocycles. The third kappa shape index (κ3) is 2.92. The number of carbonyl (C=O) groups excluding carboxylic acids is 1. The Kier molecular flexibility index (Phi) is 3.97. The van der Waals surface area contributed by atoms with Crippen LogP contribution in [0.5, 0.6) is 5.75 Å². The van der Waals surface area contributed by atoms with Crippen LogP contribution < -0.4 is 9.64 Å². The molecule has 1 unspecified atom stereocenters. The second-order valence-corrected chi connectivity index (χ2v) is 5.42. The molecule has 5 heteroatoms. The largest absolute Gasteiger partial charge is 0.481 e. The highest BCUT2D eigenvalue weighted by atomic mass is 16.5. The molecular weight excluding hydrogens is 258 g/mol. The molecule has 0 saturated carbocycles. The first-order valence-corrected chi connectivity index (χ1v) is 6.63. The van der Waals surface area contributed by atoms with E-state index < -0.39 is 5.97 Å². The summed E-state index contributed by atoms with van der Waals surface area (Å²) in [4.78, 5) is 24.0. The molecule has 1 amide bonds. The number of anilines is 1. The quantitative estimate of drug-likeness (QED) is 0.914. The van der Waals surface area contributed by atoms with Gasteiger partial charge in [0.1, 0.15) is 5.75 Å². The minimum absolute atomic E-state index is 0.0185. The number of rotatable bonds is 4. The average Bonchev–Trinajstić information content (AvgIpc) is 2.33. The first kappa shape index (κ1) is 14.4. The van der Waals surface area contributed by atoms with Crippen molar-refractivity contribution in [1.82, 2.24) is 0 Å². The topological polar surface area (TPSA) is 66.8 Å². The first-order chi connectivity index (χ1) is 9.38. The zero-order chi connectivity index (χ0) is 14.9. The van der Waals surface area contributed by atoms with Crippen LogP contribution in [-0.4, -0.2) is 30.6 Å². The van der Waals surface area contributed by atoms with Gasteiger partial charge in [0.2, 0.25) is 0 Å². The average molecular weight is 277 g/mol.